The molecule has 2 atom stereocenters. The molecular formula is C20H19NO7S2. The summed E-state index contributed by atoms with van der Waals surface area (Å²) >= 11 is 0. The molecule has 0 spiro atoms. The molecule has 2 aliphatic carbocycles. The van der Waals surface area contributed by atoms with Gasteiger partial charge in [-0.3, -0.25) is 9.11 Å². The molecular weight excluding hydrogens is 430 g/mol. The van der Waals surface area contributed by atoms with E-state index < -0.39 is 29.7 Å². The highest BCUT2D eigenvalue weighted by Gasteiger charge is 2.37. The van der Waals surface area contributed by atoms with E-state index >= 15 is 0 Å². The first-order valence-corrected chi connectivity index (χ1v) is 11.9. The standard InChI is InChI=1S/C20H19NO7S2/c1-19(29(22,23)24)7-3-13-11-16-18(12-14(13)4-8-19)28-17-6-10-20(2,30(25,26)27)9-5-15(17)21-16/h3-9,11-12H,10H2,1-2H3,(H,22,23,24)(H,25,26,27). The van der Waals surface area contributed by atoms with Crippen LogP contribution in [0, 0.1) is 0 Å². The highest BCUT2D eigenvalue weighted by atomic mass is 32.2. The fourth-order valence-electron chi connectivity index (χ4n) is 3.23. The highest BCUT2D eigenvalue weighted by Crippen LogP contribution is 2.40. The molecule has 0 saturated carbocycles. The molecule has 1 heterocycles. The van der Waals surface area contributed by atoms with Gasteiger partial charge in [0.25, 0.3) is 20.2 Å². The minimum atomic E-state index is -4.35. The quantitative estimate of drug-likeness (QED) is 0.662. The van der Waals surface area contributed by atoms with Crippen LogP contribution in [0.3, 0.4) is 0 Å². The summed E-state index contributed by atoms with van der Waals surface area (Å²) in [6, 6.07) is 3.41. The zero-order valence-electron chi connectivity index (χ0n) is 16.1. The van der Waals surface area contributed by atoms with Gasteiger partial charge in [0, 0.05) is 0 Å². The van der Waals surface area contributed by atoms with Gasteiger partial charge in [-0.2, -0.15) is 16.8 Å². The van der Waals surface area contributed by atoms with Crippen LogP contribution in [0.4, 0.5) is 5.69 Å². The van der Waals surface area contributed by atoms with Gasteiger partial charge < -0.3 is 4.74 Å². The lowest BCUT2D eigenvalue weighted by molar-refractivity contribution is 0.441. The van der Waals surface area contributed by atoms with Gasteiger partial charge in [0.1, 0.15) is 26.7 Å². The third kappa shape index (κ3) is 3.35. The summed E-state index contributed by atoms with van der Waals surface area (Å²) in [5.41, 5.74) is 2.24. The normalized spacial score (nSPS) is 27.6. The van der Waals surface area contributed by atoms with Crippen molar-refractivity contribution in [2.75, 3.05) is 0 Å². The van der Waals surface area contributed by atoms with Gasteiger partial charge in [0.2, 0.25) is 0 Å². The summed E-state index contributed by atoms with van der Waals surface area (Å²) in [5.74, 6) is 0.781. The number of rotatable bonds is 2. The van der Waals surface area contributed by atoms with Crippen molar-refractivity contribution < 1.29 is 30.7 Å². The van der Waals surface area contributed by atoms with Gasteiger partial charge in [-0.25, -0.2) is 4.99 Å². The lowest BCUT2D eigenvalue weighted by atomic mass is 10.0. The Labute approximate surface area is 174 Å². The van der Waals surface area contributed by atoms with Crippen molar-refractivity contribution in [1.29, 1.82) is 0 Å². The summed E-state index contributed by atoms with van der Waals surface area (Å²) in [5, 5.41) is 0. The van der Waals surface area contributed by atoms with E-state index in [9.17, 15) is 25.9 Å². The maximum absolute atomic E-state index is 11.7. The van der Waals surface area contributed by atoms with Crippen LogP contribution in [0.25, 0.3) is 12.2 Å². The predicted molar refractivity (Wildman–Crippen MR) is 114 cm³/mol. The summed E-state index contributed by atoms with van der Waals surface area (Å²) < 4.78 is 68.9. The fraction of sp³-hybridized carbons (Fsp3) is 0.250. The number of aliphatic imine (C=N–C) groups is 1. The van der Waals surface area contributed by atoms with E-state index in [1.165, 1.54) is 38.2 Å². The topological polar surface area (TPSA) is 130 Å². The lowest BCUT2D eigenvalue weighted by Crippen LogP contribution is -2.31. The molecule has 1 aromatic rings. The predicted octanol–water partition coefficient (Wildman–Crippen LogP) is 3.33. The second-order valence-electron chi connectivity index (χ2n) is 7.77. The Morgan fingerprint density at radius 2 is 1.57 bits per heavy atom. The van der Waals surface area contributed by atoms with Gasteiger partial charge in [-0.15, -0.1) is 0 Å². The Morgan fingerprint density at radius 3 is 2.17 bits per heavy atom. The van der Waals surface area contributed by atoms with Crippen molar-refractivity contribution in [2.24, 2.45) is 4.99 Å². The number of benzene rings is 1. The third-order valence-electron chi connectivity index (χ3n) is 5.50. The number of nitrogens with zero attached hydrogens (tertiary/aromatic N) is 1. The number of fused-ring (bicyclic) bond motifs is 3. The van der Waals surface area contributed by atoms with Crippen molar-refractivity contribution in [1.82, 2.24) is 0 Å². The number of hydrogen-bond donors (Lipinski definition) is 2. The molecule has 0 bridgehead atoms. The van der Waals surface area contributed by atoms with Crippen molar-refractivity contribution in [3.05, 3.63) is 59.4 Å². The van der Waals surface area contributed by atoms with Crippen LogP contribution in [-0.2, 0) is 20.2 Å². The Kier molecular flexibility index (Phi) is 4.48. The van der Waals surface area contributed by atoms with E-state index in [4.69, 9.17) is 4.74 Å². The van der Waals surface area contributed by atoms with Crippen molar-refractivity contribution in [3.8, 4) is 5.75 Å². The maximum Gasteiger partial charge on any atom is 0.277 e. The smallest absolute Gasteiger partial charge is 0.277 e. The molecule has 158 valence electrons. The minimum absolute atomic E-state index is 0.00627. The first-order chi connectivity index (χ1) is 13.8. The average molecular weight is 450 g/mol. The molecule has 1 aliphatic heterocycles. The molecule has 1 aromatic carbocycles. The van der Waals surface area contributed by atoms with Crippen molar-refractivity contribution in [2.45, 2.75) is 29.8 Å². The second-order valence-corrected chi connectivity index (χ2v) is 11.5. The zero-order chi connectivity index (χ0) is 21.9. The molecule has 8 nitrogen and oxygen atoms in total. The van der Waals surface area contributed by atoms with E-state index in [1.54, 1.807) is 30.4 Å². The van der Waals surface area contributed by atoms with E-state index in [2.05, 4.69) is 4.99 Å². The second kappa shape index (κ2) is 6.48. The minimum Gasteiger partial charge on any atom is -0.453 e. The van der Waals surface area contributed by atoms with Gasteiger partial charge in [-0.05, 0) is 55.7 Å². The Hall–Kier alpha value is -2.53. The van der Waals surface area contributed by atoms with Crippen LogP contribution < -0.4 is 4.74 Å². The molecule has 0 aromatic heterocycles. The summed E-state index contributed by atoms with van der Waals surface area (Å²) in [7, 11) is -8.68. The van der Waals surface area contributed by atoms with Crippen LogP contribution >= 0.6 is 0 Å². The Bertz CT molecular complexity index is 1320. The number of allylic oxidation sites excluding steroid dienone is 2. The summed E-state index contributed by atoms with van der Waals surface area (Å²) in [4.78, 5) is 4.53. The van der Waals surface area contributed by atoms with Crippen molar-refractivity contribution >= 4 is 43.8 Å². The number of hydrogen-bond acceptors (Lipinski definition) is 6. The van der Waals surface area contributed by atoms with Crippen LogP contribution in [-0.4, -0.2) is 41.1 Å². The highest BCUT2D eigenvalue weighted by molar-refractivity contribution is 7.87. The molecule has 0 saturated heterocycles. The molecule has 0 radical (unpaired) electrons. The van der Waals surface area contributed by atoms with E-state index in [-0.39, 0.29) is 6.42 Å². The summed E-state index contributed by atoms with van der Waals surface area (Å²) in [6.45, 7) is 2.79. The van der Waals surface area contributed by atoms with E-state index in [0.29, 0.717) is 34.0 Å². The van der Waals surface area contributed by atoms with Crippen LogP contribution in [0.1, 0.15) is 31.4 Å². The molecule has 2 N–H and O–H groups in total. The zero-order valence-corrected chi connectivity index (χ0v) is 17.7. The summed E-state index contributed by atoms with van der Waals surface area (Å²) in [6.07, 6.45) is 10.4. The lowest BCUT2D eigenvalue weighted by Gasteiger charge is -2.19. The molecule has 0 amide bonds. The molecule has 10 heteroatoms. The third-order valence-corrected chi connectivity index (χ3v) is 8.36. The van der Waals surface area contributed by atoms with Crippen LogP contribution in [0.15, 0.2) is 53.3 Å². The van der Waals surface area contributed by atoms with Gasteiger partial charge in [-0.1, -0.05) is 30.4 Å². The van der Waals surface area contributed by atoms with Gasteiger partial charge in [0.15, 0.2) is 5.75 Å². The Balaban J connectivity index is 1.78. The van der Waals surface area contributed by atoms with Crippen LogP contribution in [0.5, 0.6) is 5.75 Å². The average Bonchev–Trinajstić information content (AvgIpc) is 2.91. The van der Waals surface area contributed by atoms with Gasteiger partial charge in [0.05, 0.1) is 0 Å². The first-order valence-electron chi connectivity index (χ1n) is 8.98. The molecule has 2 unspecified atom stereocenters. The van der Waals surface area contributed by atoms with Gasteiger partial charge >= 0.3 is 0 Å². The van der Waals surface area contributed by atoms with E-state index in [1.807, 2.05) is 0 Å². The van der Waals surface area contributed by atoms with E-state index in [0.717, 1.165) is 0 Å². The molecule has 3 aliphatic rings. The monoisotopic (exact) mass is 449 g/mol. The molecule has 30 heavy (non-hydrogen) atoms. The largest absolute Gasteiger partial charge is 0.453 e. The van der Waals surface area contributed by atoms with Crippen molar-refractivity contribution in [3.63, 3.8) is 0 Å². The maximum atomic E-state index is 11.7. The molecule has 4 rings (SSSR count). The fourth-order valence-corrected chi connectivity index (χ4v) is 4.24. The molecule has 0 fully saturated rings. The number of ether oxygens (including phenoxy) is 1. The first kappa shape index (κ1) is 20.7. The Morgan fingerprint density at radius 1 is 0.933 bits per heavy atom. The van der Waals surface area contributed by atoms with Crippen LogP contribution in [0.2, 0.25) is 0 Å². The SMILES string of the molecule is CC1(S(=O)(=O)O)C=Cc2cc3c(cc2C=C1)OC1=CCC(C)(S(=O)(=O)O)C=CC1=N3.